The molecule has 2 N–H and O–H groups in total. The van der Waals surface area contributed by atoms with Crippen LogP contribution in [-0.2, 0) is 21.4 Å². The third-order valence-corrected chi connectivity index (χ3v) is 5.71. The van der Waals surface area contributed by atoms with E-state index in [2.05, 4.69) is 52.1 Å². The smallest absolute Gasteiger partial charge is 0.307 e. The predicted molar refractivity (Wildman–Crippen MR) is 113 cm³/mol. The molecule has 0 aromatic heterocycles. The second-order valence-corrected chi connectivity index (χ2v) is 9.51. The van der Waals surface area contributed by atoms with Gasteiger partial charge in [-0.3, -0.25) is 14.5 Å². The number of rotatable bonds is 6. The second-order valence-electron chi connectivity index (χ2n) is 9.51. The summed E-state index contributed by atoms with van der Waals surface area (Å²) in [6.07, 6.45) is 1.50. The van der Waals surface area contributed by atoms with Crippen molar-refractivity contribution in [2.45, 2.75) is 59.8 Å². The molecule has 0 saturated carbocycles. The van der Waals surface area contributed by atoms with E-state index in [0.29, 0.717) is 25.4 Å². The van der Waals surface area contributed by atoms with Crippen LogP contribution < -0.4 is 5.32 Å². The summed E-state index contributed by atoms with van der Waals surface area (Å²) < 4.78 is 0. The van der Waals surface area contributed by atoms with Crippen LogP contribution in [0.2, 0.25) is 0 Å². The van der Waals surface area contributed by atoms with E-state index in [1.165, 1.54) is 22.3 Å². The van der Waals surface area contributed by atoms with Gasteiger partial charge in [-0.2, -0.15) is 0 Å². The average molecular weight is 389 g/mol. The van der Waals surface area contributed by atoms with Gasteiger partial charge in [-0.1, -0.05) is 39.8 Å². The minimum atomic E-state index is -0.762. The van der Waals surface area contributed by atoms with E-state index in [1.807, 2.05) is 11.8 Å². The van der Waals surface area contributed by atoms with E-state index in [0.717, 1.165) is 13.0 Å². The molecule has 2 atom stereocenters. The van der Waals surface area contributed by atoms with Gasteiger partial charge in [0, 0.05) is 19.6 Å². The highest BCUT2D eigenvalue weighted by atomic mass is 16.4. The second kappa shape index (κ2) is 9.08. The zero-order valence-corrected chi connectivity index (χ0v) is 18.3. The SMILES string of the molecule is Cc1cc(C(C)(C)C)cc(C)c1CCNC(=O)CN1CC(C)CC(C(=O)O)C1. The number of hydrogen-bond donors (Lipinski definition) is 2. The van der Waals surface area contributed by atoms with E-state index in [1.54, 1.807) is 0 Å². The molecule has 0 spiro atoms. The molecule has 0 aliphatic carbocycles. The zero-order chi connectivity index (χ0) is 21.1. The number of benzene rings is 1. The first-order valence-electron chi connectivity index (χ1n) is 10.3. The van der Waals surface area contributed by atoms with Crippen LogP contribution in [0.5, 0.6) is 0 Å². The lowest BCUT2D eigenvalue weighted by atomic mass is 9.83. The molecule has 5 heteroatoms. The van der Waals surface area contributed by atoms with Gasteiger partial charge in [0.1, 0.15) is 0 Å². The van der Waals surface area contributed by atoms with Crippen molar-refractivity contribution in [3.63, 3.8) is 0 Å². The highest BCUT2D eigenvalue weighted by Gasteiger charge is 2.30. The van der Waals surface area contributed by atoms with Gasteiger partial charge in [-0.05, 0) is 60.3 Å². The first-order valence-corrected chi connectivity index (χ1v) is 10.3. The summed E-state index contributed by atoms with van der Waals surface area (Å²) in [5.41, 5.74) is 5.30. The van der Waals surface area contributed by atoms with Gasteiger partial charge in [0.05, 0.1) is 12.5 Å². The quantitative estimate of drug-likeness (QED) is 0.784. The van der Waals surface area contributed by atoms with Gasteiger partial charge < -0.3 is 10.4 Å². The van der Waals surface area contributed by atoms with Gasteiger partial charge in [0.2, 0.25) is 5.91 Å². The molecule has 1 aromatic carbocycles. The lowest BCUT2D eigenvalue weighted by Gasteiger charge is -2.34. The first-order chi connectivity index (χ1) is 13.0. The number of nitrogens with one attached hydrogen (secondary N) is 1. The summed E-state index contributed by atoms with van der Waals surface area (Å²) in [5, 5.41) is 12.3. The van der Waals surface area contributed by atoms with Gasteiger partial charge in [0.15, 0.2) is 0 Å². The number of carboxylic acids is 1. The fraction of sp³-hybridized carbons (Fsp3) is 0.652. The third kappa shape index (κ3) is 6.06. The Bertz CT molecular complexity index is 698. The van der Waals surface area contributed by atoms with Gasteiger partial charge in [-0.15, -0.1) is 0 Å². The molecule has 1 aliphatic heterocycles. The number of aliphatic carboxylic acids is 1. The van der Waals surface area contributed by atoms with Crippen LogP contribution in [0.1, 0.15) is 56.4 Å². The summed E-state index contributed by atoms with van der Waals surface area (Å²) in [5.74, 6) is -0.862. The minimum absolute atomic E-state index is 0.0279. The summed E-state index contributed by atoms with van der Waals surface area (Å²) in [7, 11) is 0. The molecular formula is C23H36N2O3. The molecule has 28 heavy (non-hydrogen) atoms. The van der Waals surface area contributed by atoms with Crippen LogP contribution in [-0.4, -0.2) is 48.1 Å². The minimum Gasteiger partial charge on any atom is -0.481 e. The van der Waals surface area contributed by atoms with E-state index in [4.69, 9.17) is 0 Å². The van der Waals surface area contributed by atoms with Crippen LogP contribution in [0, 0.1) is 25.7 Å². The Morgan fingerprint density at radius 2 is 1.79 bits per heavy atom. The molecular weight excluding hydrogens is 352 g/mol. The average Bonchev–Trinajstić information content (AvgIpc) is 2.55. The lowest BCUT2D eigenvalue weighted by Crippen LogP contribution is -2.47. The molecule has 5 nitrogen and oxygen atoms in total. The Hall–Kier alpha value is -1.88. The highest BCUT2D eigenvalue weighted by molar-refractivity contribution is 5.78. The van der Waals surface area contributed by atoms with Crippen molar-refractivity contribution in [1.82, 2.24) is 10.2 Å². The van der Waals surface area contributed by atoms with Crippen LogP contribution in [0.15, 0.2) is 12.1 Å². The fourth-order valence-corrected chi connectivity index (χ4v) is 4.18. The molecule has 1 aliphatic rings. The molecule has 1 heterocycles. The predicted octanol–water partition coefficient (Wildman–Crippen LogP) is 3.30. The molecule has 156 valence electrons. The van der Waals surface area contributed by atoms with Crippen LogP contribution in [0.25, 0.3) is 0 Å². The maximum Gasteiger partial charge on any atom is 0.307 e. The van der Waals surface area contributed by atoms with E-state index in [9.17, 15) is 14.7 Å². The number of carbonyl (C=O) groups is 2. The molecule has 1 amide bonds. The normalized spacial score (nSPS) is 20.8. The lowest BCUT2D eigenvalue weighted by molar-refractivity contribution is -0.145. The highest BCUT2D eigenvalue weighted by Crippen LogP contribution is 2.27. The molecule has 1 saturated heterocycles. The monoisotopic (exact) mass is 388 g/mol. The van der Waals surface area contributed by atoms with Gasteiger partial charge in [0.25, 0.3) is 0 Å². The zero-order valence-electron chi connectivity index (χ0n) is 18.3. The van der Waals surface area contributed by atoms with Crippen molar-refractivity contribution in [3.8, 4) is 0 Å². The van der Waals surface area contributed by atoms with E-state index >= 15 is 0 Å². The maximum absolute atomic E-state index is 12.3. The van der Waals surface area contributed by atoms with Crippen molar-refractivity contribution in [3.05, 3.63) is 34.4 Å². The summed E-state index contributed by atoms with van der Waals surface area (Å²) in [6, 6.07) is 4.51. The maximum atomic E-state index is 12.3. The number of aryl methyl sites for hydroxylation is 2. The standard InChI is InChI=1S/C23H36N2O3/c1-15-9-18(22(27)28)13-25(12-15)14-21(26)24-8-7-20-16(2)10-19(11-17(20)3)23(4,5)6/h10-11,15,18H,7-9,12-14H2,1-6H3,(H,24,26)(H,27,28). The van der Waals surface area contributed by atoms with Gasteiger partial charge in [-0.25, -0.2) is 0 Å². The van der Waals surface area contributed by atoms with Crippen LogP contribution in [0.3, 0.4) is 0 Å². The van der Waals surface area contributed by atoms with Crippen LogP contribution >= 0.6 is 0 Å². The number of likely N-dealkylation sites (tertiary alicyclic amines) is 1. The Morgan fingerprint density at radius 3 is 2.32 bits per heavy atom. The first kappa shape index (κ1) is 22.4. The van der Waals surface area contributed by atoms with Crippen molar-refractivity contribution in [1.29, 1.82) is 0 Å². The number of nitrogens with zero attached hydrogens (tertiary/aromatic N) is 1. The molecule has 1 fully saturated rings. The molecule has 1 aromatic rings. The van der Waals surface area contributed by atoms with Crippen molar-refractivity contribution in [2.75, 3.05) is 26.2 Å². The Kier molecular flexibility index (Phi) is 7.27. The van der Waals surface area contributed by atoms with Crippen LogP contribution in [0.4, 0.5) is 0 Å². The van der Waals surface area contributed by atoms with E-state index < -0.39 is 5.97 Å². The number of amides is 1. The molecule has 2 unspecified atom stereocenters. The van der Waals surface area contributed by atoms with Crippen molar-refractivity contribution < 1.29 is 14.7 Å². The number of carboxylic acid groups (broad SMARTS) is 1. The largest absolute Gasteiger partial charge is 0.481 e. The molecule has 2 rings (SSSR count). The Morgan fingerprint density at radius 1 is 1.18 bits per heavy atom. The Labute approximate surface area is 169 Å². The number of carbonyl (C=O) groups excluding carboxylic acids is 1. The molecule has 0 bridgehead atoms. The van der Waals surface area contributed by atoms with Gasteiger partial charge >= 0.3 is 5.97 Å². The van der Waals surface area contributed by atoms with Crippen molar-refractivity contribution in [2.24, 2.45) is 11.8 Å². The third-order valence-electron chi connectivity index (χ3n) is 5.71. The number of piperidine rings is 1. The fourth-order valence-electron chi connectivity index (χ4n) is 4.18. The Balaban J connectivity index is 1.88. The summed E-state index contributed by atoms with van der Waals surface area (Å²) in [6.45, 7) is 15.1. The van der Waals surface area contributed by atoms with E-state index in [-0.39, 0.29) is 23.8 Å². The topological polar surface area (TPSA) is 69.6 Å². The number of hydrogen-bond acceptors (Lipinski definition) is 3. The molecule has 0 radical (unpaired) electrons. The van der Waals surface area contributed by atoms with Crippen molar-refractivity contribution >= 4 is 11.9 Å². The summed E-state index contributed by atoms with van der Waals surface area (Å²) >= 11 is 0. The summed E-state index contributed by atoms with van der Waals surface area (Å²) in [4.78, 5) is 25.6.